The van der Waals surface area contributed by atoms with E-state index in [1.165, 1.54) is 4.90 Å². The highest BCUT2D eigenvalue weighted by atomic mass is 16.3. The Kier molecular flexibility index (Phi) is 3.39. The first-order chi connectivity index (χ1) is 6.93. The van der Waals surface area contributed by atoms with Crippen LogP contribution in [0.1, 0.15) is 19.6 Å². The minimum atomic E-state index is -0.185. The van der Waals surface area contributed by atoms with Gasteiger partial charge in [0, 0.05) is 26.1 Å². The third-order valence-corrected chi connectivity index (χ3v) is 2.28. The Morgan fingerprint density at radius 2 is 2.20 bits per heavy atom. The van der Waals surface area contributed by atoms with E-state index < -0.39 is 0 Å². The summed E-state index contributed by atoms with van der Waals surface area (Å²) in [7, 11) is 3.43. The van der Waals surface area contributed by atoms with Crippen LogP contribution in [0.3, 0.4) is 0 Å². The highest BCUT2D eigenvalue weighted by Gasteiger charge is 2.24. The summed E-state index contributed by atoms with van der Waals surface area (Å²) >= 11 is 0. The molecule has 2 amide bonds. The summed E-state index contributed by atoms with van der Waals surface area (Å²) in [5.74, 6) is 0.876. The van der Waals surface area contributed by atoms with E-state index in [2.05, 4.69) is 5.32 Å². The molecule has 0 saturated heterocycles. The van der Waals surface area contributed by atoms with E-state index in [0.29, 0.717) is 6.54 Å². The zero-order valence-corrected chi connectivity index (χ0v) is 9.70. The van der Waals surface area contributed by atoms with Crippen molar-refractivity contribution in [2.24, 2.45) is 0 Å². The second-order valence-corrected chi connectivity index (χ2v) is 4.41. The molecule has 84 valence electrons. The fourth-order valence-electron chi connectivity index (χ4n) is 1.21. The number of nitrogens with zero attached hydrogens (tertiary/aromatic N) is 1. The molecule has 0 aromatic carbocycles. The van der Waals surface area contributed by atoms with E-state index in [-0.39, 0.29) is 11.4 Å². The number of rotatable bonds is 3. The third kappa shape index (κ3) is 3.01. The molecule has 1 aromatic heterocycles. The normalized spacial score (nSPS) is 11.2. The Morgan fingerprint density at radius 1 is 1.53 bits per heavy atom. The number of amides is 2. The maximum absolute atomic E-state index is 11.3. The van der Waals surface area contributed by atoms with Gasteiger partial charge in [0.1, 0.15) is 5.76 Å². The van der Waals surface area contributed by atoms with Gasteiger partial charge in [0.15, 0.2) is 0 Å². The molecule has 0 saturated carbocycles. The van der Waals surface area contributed by atoms with Gasteiger partial charge >= 0.3 is 6.03 Å². The molecule has 0 spiro atoms. The fourth-order valence-corrected chi connectivity index (χ4v) is 1.21. The molecule has 4 heteroatoms. The maximum atomic E-state index is 11.3. The maximum Gasteiger partial charge on any atom is 0.316 e. The van der Waals surface area contributed by atoms with Crippen molar-refractivity contribution in [3.05, 3.63) is 24.2 Å². The van der Waals surface area contributed by atoms with Gasteiger partial charge in [0.2, 0.25) is 0 Å². The van der Waals surface area contributed by atoms with Gasteiger partial charge in [-0.1, -0.05) is 13.8 Å². The molecule has 0 aliphatic rings. The van der Waals surface area contributed by atoms with Crippen LogP contribution in [-0.2, 0) is 5.41 Å². The first-order valence-corrected chi connectivity index (χ1v) is 4.92. The summed E-state index contributed by atoms with van der Waals surface area (Å²) in [6.45, 7) is 4.61. The zero-order chi connectivity index (χ0) is 11.5. The molecule has 1 aromatic rings. The zero-order valence-electron chi connectivity index (χ0n) is 9.70. The number of carbonyl (C=O) groups is 1. The van der Waals surface area contributed by atoms with Crippen molar-refractivity contribution in [2.45, 2.75) is 19.3 Å². The van der Waals surface area contributed by atoms with E-state index in [0.717, 1.165) is 5.76 Å². The first-order valence-electron chi connectivity index (χ1n) is 4.92. The smallest absolute Gasteiger partial charge is 0.316 e. The average Bonchev–Trinajstić information content (AvgIpc) is 2.67. The molecule has 1 heterocycles. The number of hydrogen-bond donors (Lipinski definition) is 1. The monoisotopic (exact) mass is 210 g/mol. The predicted octanol–water partition coefficient (Wildman–Crippen LogP) is 1.83. The molecule has 0 fully saturated rings. The van der Waals surface area contributed by atoms with Crippen LogP contribution in [0.2, 0.25) is 0 Å². The van der Waals surface area contributed by atoms with Gasteiger partial charge in [0.25, 0.3) is 0 Å². The van der Waals surface area contributed by atoms with E-state index >= 15 is 0 Å². The molecule has 15 heavy (non-hydrogen) atoms. The van der Waals surface area contributed by atoms with E-state index in [1.807, 2.05) is 26.0 Å². The van der Waals surface area contributed by atoms with Crippen LogP contribution in [0, 0.1) is 0 Å². The number of furan rings is 1. The Hall–Kier alpha value is -1.45. The first kappa shape index (κ1) is 11.6. The van der Waals surface area contributed by atoms with Gasteiger partial charge in [-0.2, -0.15) is 0 Å². The van der Waals surface area contributed by atoms with E-state index in [9.17, 15) is 4.79 Å². The van der Waals surface area contributed by atoms with E-state index in [1.54, 1.807) is 20.4 Å². The van der Waals surface area contributed by atoms with Gasteiger partial charge in [-0.15, -0.1) is 0 Å². The minimum Gasteiger partial charge on any atom is -0.469 e. The standard InChI is InChI=1S/C11H18N2O2/c1-11(2,9-6-5-7-15-9)8-12-10(14)13(3)4/h5-7H,8H2,1-4H3,(H,12,14). The molecule has 0 aliphatic carbocycles. The SMILES string of the molecule is CN(C)C(=O)NCC(C)(C)c1ccco1. The van der Waals surface area contributed by atoms with Crippen LogP contribution in [0.25, 0.3) is 0 Å². The summed E-state index contributed by atoms with van der Waals surface area (Å²) in [6.07, 6.45) is 1.64. The van der Waals surface area contributed by atoms with Crippen LogP contribution in [0.15, 0.2) is 22.8 Å². The van der Waals surface area contributed by atoms with Gasteiger partial charge in [-0.3, -0.25) is 0 Å². The molecular weight excluding hydrogens is 192 g/mol. The molecule has 4 nitrogen and oxygen atoms in total. The van der Waals surface area contributed by atoms with Crippen LogP contribution < -0.4 is 5.32 Å². The second-order valence-electron chi connectivity index (χ2n) is 4.41. The van der Waals surface area contributed by atoms with Crippen LogP contribution in [-0.4, -0.2) is 31.6 Å². The molecule has 0 unspecified atom stereocenters. The van der Waals surface area contributed by atoms with Gasteiger partial charge < -0.3 is 14.6 Å². The van der Waals surface area contributed by atoms with Crippen molar-refractivity contribution < 1.29 is 9.21 Å². The fraction of sp³-hybridized carbons (Fsp3) is 0.545. The Morgan fingerprint density at radius 3 is 2.67 bits per heavy atom. The predicted molar refractivity (Wildman–Crippen MR) is 58.8 cm³/mol. The molecular formula is C11H18N2O2. The Labute approximate surface area is 90.3 Å². The highest BCUT2D eigenvalue weighted by molar-refractivity contribution is 5.73. The summed E-state index contributed by atoms with van der Waals surface area (Å²) < 4.78 is 5.33. The largest absolute Gasteiger partial charge is 0.469 e. The molecule has 0 atom stereocenters. The molecule has 1 rings (SSSR count). The lowest BCUT2D eigenvalue weighted by Gasteiger charge is -2.23. The Balaban J connectivity index is 2.54. The number of carbonyl (C=O) groups excluding carboxylic acids is 1. The van der Waals surface area contributed by atoms with Crippen LogP contribution in [0.5, 0.6) is 0 Å². The molecule has 1 N–H and O–H groups in total. The number of nitrogens with one attached hydrogen (secondary N) is 1. The molecule has 0 bridgehead atoms. The van der Waals surface area contributed by atoms with Crippen LogP contribution in [0.4, 0.5) is 4.79 Å². The summed E-state index contributed by atoms with van der Waals surface area (Å²) in [5.41, 5.74) is -0.185. The number of hydrogen-bond acceptors (Lipinski definition) is 2. The van der Waals surface area contributed by atoms with Crippen molar-refractivity contribution in [1.82, 2.24) is 10.2 Å². The van der Waals surface area contributed by atoms with Crippen LogP contribution >= 0.6 is 0 Å². The van der Waals surface area contributed by atoms with Crippen molar-refractivity contribution in [2.75, 3.05) is 20.6 Å². The summed E-state index contributed by atoms with van der Waals surface area (Å²) in [4.78, 5) is 12.9. The summed E-state index contributed by atoms with van der Waals surface area (Å²) in [5, 5.41) is 2.84. The number of urea groups is 1. The van der Waals surface area contributed by atoms with Crippen molar-refractivity contribution >= 4 is 6.03 Å². The van der Waals surface area contributed by atoms with E-state index in [4.69, 9.17) is 4.42 Å². The average molecular weight is 210 g/mol. The third-order valence-electron chi connectivity index (χ3n) is 2.28. The van der Waals surface area contributed by atoms with Gasteiger partial charge in [0.05, 0.1) is 6.26 Å². The second kappa shape index (κ2) is 4.38. The Bertz CT molecular complexity index is 315. The highest BCUT2D eigenvalue weighted by Crippen LogP contribution is 2.22. The minimum absolute atomic E-state index is 0.0883. The summed E-state index contributed by atoms with van der Waals surface area (Å²) in [6, 6.07) is 3.68. The lowest BCUT2D eigenvalue weighted by atomic mass is 9.90. The van der Waals surface area contributed by atoms with Crippen molar-refractivity contribution in [1.29, 1.82) is 0 Å². The lowest BCUT2D eigenvalue weighted by Crippen LogP contribution is -2.41. The quantitative estimate of drug-likeness (QED) is 0.827. The topological polar surface area (TPSA) is 45.5 Å². The van der Waals surface area contributed by atoms with Crippen molar-refractivity contribution in [3.63, 3.8) is 0 Å². The molecule has 0 aliphatic heterocycles. The van der Waals surface area contributed by atoms with Gasteiger partial charge in [-0.05, 0) is 12.1 Å². The van der Waals surface area contributed by atoms with Crippen molar-refractivity contribution in [3.8, 4) is 0 Å². The van der Waals surface area contributed by atoms with Gasteiger partial charge in [-0.25, -0.2) is 4.79 Å². The molecule has 0 radical (unpaired) electrons. The lowest BCUT2D eigenvalue weighted by molar-refractivity contribution is 0.213.